The Labute approximate surface area is 105 Å². The van der Waals surface area contributed by atoms with Gasteiger partial charge in [0.05, 0.1) is 18.4 Å². The van der Waals surface area contributed by atoms with Crippen molar-refractivity contribution in [3.63, 3.8) is 0 Å². The standard InChI is InChI=1S/C10H17N7O/c18-7-1-4-17-9-10(13-15-17)8-11-2-5-16-6-3-12-14-16/h3,6,9,11,18H,1-2,4-5,7-8H2. The molecule has 0 amide bonds. The normalized spacial score (nSPS) is 10.9. The van der Waals surface area contributed by atoms with E-state index in [1.807, 2.05) is 12.4 Å². The molecule has 8 nitrogen and oxygen atoms in total. The summed E-state index contributed by atoms with van der Waals surface area (Å²) in [5, 5.41) is 27.6. The molecule has 0 spiro atoms. The fourth-order valence-electron chi connectivity index (χ4n) is 1.52. The van der Waals surface area contributed by atoms with E-state index < -0.39 is 0 Å². The molecule has 8 heteroatoms. The van der Waals surface area contributed by atoms with Gasteiger partial charge in [0.15, 0.2) is 0 Å². The molecular formula is C10H17N7O. The average Bonchev–Trinajstić information content (AvgIpc) is 3.04. The van der Waals surface area contributed by atoms with Gasteiger partial charge in [-0.1, -0.05) is 10.4 Å². The summed E-state index contributed by atoms with van der Waals surface area (Å²) in [4.78, 5) is 0. The smallest absolute Gasteiger partial charge is 0.0964 e. The van der Waals surface area contributed by atoms with E-state index in [0.29, 0.717) is 19.5 Å². The van der Waals surface area contributed by atoms with Crippen LogP contribution in [0.3, 0.4) is 0 Å². The molecule has 0 aliphatic rings. The predicted octanol–water partition coefficient (Wildman–Crippen LogP) is -0.958. The molecule has 0 unspecified atom stereocenters. The van der Waals surface area contributed by atoms with Crippen LogP contribution in [0.5, 0.6) is 0 Å². The molecule has 98 valence electrons. The van der Waals surface area contributed by atoms with Crippen molar-refractivity contribution in [2.75, 3.05) is 13.2 Å². The number of rotatable bonds is 8. The van der Waals surface area contributed by atoms with Gasteiger partial charge in [0.2, 0.25) is 0 Å². The zero-order valence-corrected chi connectivity index (χ0v) is 10.1. The lowest BCUT2D eigenvalue weighted by Gasteiger charge is -2.01. The van der Waals surface area contributed by atoms with Crippen LogP contribution in [-0.2, 0) is 19.6 Å². The SMILES string of the molecule is OCCCn1cc(CNCCn2ccnn2)nn1. The molecule has 0 aliphatic heterocycles. The molecule has 2 heterocycles. The van der Waals surface area contributed by atoms with Gasteiger partial charge in [-0.05, 0) is 6.42 Å². The third-order valence-corrected chi connectivity index (χ3v) is 2.43. The van der Waals surface area contributed by atoms with Crippen molar-refractivity contribution in [3.05, 3.63) is 24.3 Å². The lowest BCUT2D eigenvalue weighted by molar-refractivity contribution is 0.276. The van der Waals surface area contributed by atoms with Crippen LogP contribution in [0.15, 0.2) is 18.6 Å². The highest BCUT2D eigenvalue weighted by Gasteiger charge is 2.00. The lowest BCUT2D eigenvalue weighted by atomic mass is 10.4. The highest BCUT2D eigenvalue weighted by atomic mass is 16.3. The summed E-state index contributed by atoms with van der Waals surface area (Å²) in [5.41, 5.74) is 0.895. The zero-order chi connectivity index (χ0) is 12.6. The minimum atomic E-state index is 0.172. The van der Waals surface area contributed by atoms with Crippen molar-refractivity contribution >= 4 is 0 Å². The first-order chi connectivity index (χ1) is 8.88. The average molecular weight is 251 g/mol. The molecule has 0 aliphatic carbocycles. The number of nitrogens with one attached hydrogen (secondary N) is 1. The molecule has 0 radical (unpaired) electrons. The van der Waals surface area contributed by atoms with Crippen LogP contribution in [0.2, 0.25) is 0 Å². The molecule has 0 aromatic carbocycles. The maximum atomic E-state index is 8.71. The maximum Gasteiger partial charge on any atom is 0.0964 e. The topological polar surface area (TPSA) is 93.7 Å². The van der Waals surface area contributed by atoms with Gasteiger partial charge >= 0.3 is 0 Å². The summed E-state index contributed by atoms with van der Waals surface area (Å²) in [5.74, 6) is 0. The first-order valence-electron chi connectivity index (χ1n) is 5.93. The van der Waals surface area contributed by atoms with Gasteiger partial charge < -0.3 is 10.4 Å². The van der Waals surface area contributed by atoms with Gasteiger partial charge in [-0.25, -0.2) is 0 Å². The van der Waals surface area contributed by atoms with Gasteiger partial charge in [0.25, 0.3) is 0 Å². The quantitative estimate of drug-likeness (QED) is 0.587. The van der Waals surface area contributed by atoms with Gasteiger partial charge in [0, 0.05) is 38.6 Å². The third kappa shape index (κ3) is 3.90. The van der Waals surface area contributed by atoms with Gasteiger partial charge in [0.1, 0.15) is 0 Å². The summed E-state index contributed by atoms with van der Waals surface area (Å²) in [7, 11) is 0. The first kappa shape index (κ1) is 12.7. The Balaban J connectivity index is 1.65. The van der Waals surface area contributed by atoms with E-state index in [9.17, 15) is 0 Å². The number of nitrogens with zero attached hydrogens (tertiary/aromatic N) is 6. The number of aromatic nitrogens is 6. The van der Waals surface area contributed by atoms with Crippen molar-refractivity contribution in [1.82, 2.24) is 35.3 Å². The molecule has 0 fully saturated rings. The van der Waals surface area contributed by atoms with Crippen LogP contribution in [0.4, 0.5) is 0 Å². The van der Waals surface area contributed by atoms with E-state index in [1.165, 1.54) is 0 Å². The predicted molar refractivity (Wildman–Crippen MR) is 63.5 cm³/mol. The van der Waals surface area contributed by atoms with Crippen molar-refractivity contribution in [3.8, 4) is 0 Å². The van der Waals surface area contributed by atoms with Crippen molar-refractivity contribution in [2.45, 2.75) is 26.1 Å². The van der Waals surface area contributed by atoms with Crippen LogP contribution in [0, 0.1) is 0 Å². The van der Waals surface area contributed by atoms with Crippen molar-refractivity contribution in [2.24, 2.45) is 0 Å². The Bertz CT molecular complexity index is 439. The number of aliphatic hydroxyl groups is 1. The summed E-state index contributed by atoms with van der Waals surface area (Å²) in [6.07, 6.45) is 6.07. The maximum absolute atomic E-state index is 8.71. The summed E-state index contributed by atoms with van der Waals surface area (Å²) in [6, 6.07) is 0. The Morgan fingerprint density at radius 1 is 1.22 bits per heavy atom. The molecule has 2 rings (SSSR count). The van der Waals surface area contributed by atoms with Crippen LogP contribution in [0.25, 0.3) is 0 Å². The molecule has 0 saturated carbocycles. The summed E-state index contributed by atoms with van der Waals surface area (Å²) in [6.45, 7) is 3.12. The molecule has 18 heavy (non-hydrogen) atoms. The van der Waals surface area contributed by atoms with E-state index in [1.54, 1.807) is 15.6 Å². The summed E-state index contributed by atoms with van der Waals surface area (Å²) < 4.78 is 3.51. The van der Waals surface area contributed by atoms with Gasteiger partial charge in [-0.2, -0.15) is 0 Å². The molecule has 0 saturated heterocycles. The minimum absolute atomic E-state index is 0.172. The second-order valence-electron chi connectivity index (χ2n) is 3.89. The molecule has 0 bridgehead atoms. The second kappa shape index (κ2) is 6.82. The molecule has 2 N–H and O–H groups in total. The van der Waals surface area contributed by atoms with Crippen LogP contribution in [-0.4, -0.2) is 48.2 Å². The van der Waals surface area contributed by atoms with E-state index in [2.05, 4.69) is 25.9 Å². The van der Waals surface area contributed by atoms with E-state index in [-0.39, 0.29) is 6.61 Å². The van der Waals surface area contributed by atoms with Crippen LogP contribution in [0.1, 0.15) is 12.1 Å². The van der Waals surface area contributed by atoms with Crippen molar-refractivity contribution < 1.29 is 5.11 Å². The van der Waals surface area contributed by atoms with Crippen LogP contribution < -0.4 is 5.32 Å². The molecule has 2 aromatic rings. The molecule has 2 aromatic heterocycles. The van der Waals surface area contributed by atoms with Gasteiger partial charge in [-0.15, -0.1) is 10.2 Å². The number of aliphatic hydroxyl groups excluding tert-OH is 1. The first-order valence-corrected chi connectivity index (χ1v) is 5.93. The Morgan fingerprint density at radius 2 is 2.17 bits per heavy atom. The van der Waals surface area contributed by atoms with Gasteiger partial charge in [-0.3, -0.25) is 9.36 Å². The summed E-state index contributed by atoms with van der Waals surface area (Å²) >= 11 is 0. The fourth-order valence-corrected chi connectivity index (χ4v) is 1.52. The highest BCUT2D eigenvalue weighted by Crippen LogP contribution is 1.94. The number of hydrogen-bond donors (Lipinski definition) is 2. The van der Waals surface area contributed by atoms with Crippen molar-refractivity contribution in [1.29, 1.82) is 0 Å². The largest absolute Gasteiger partial charge is 0.396 e. The Hall–Kier alpha value is -1.80. The lowest BCUT2D eigenvalue weighted by Crippen LogP contribution is -2.20. The minimum Gasteiger partial charge on any atom is -0.396 e. The van der Waals surface area contributed by atoms with E-state index in [4.69, 9.17) is 5.11 Å². The van der Waals surface area contributed by atoms with E-state index >= 15 is 0 Å². The Morgan fingerprint density at radius 3 is 2.94 bits per heavy atom. The van der Waals surface area contributed by atoms with E-state index in [0.717, 1.165) is 18.8 Å². The monoisotopic (exact) mass is 251 g/mol. The number of aryl methyl sites for hydroxylation is 1. The van der Waals surface area contributed by atoms with Crippen LogP contribution >= 0.6 is 0 Å². The fraction of sp³-hybridized carbons (Fsp3) is 0.600. The molecule has 0 atom stereocenters. The third-order valence-electron chi connectivity index (χ3n) is 2.43. The Kier molecular flexibility index (Phi) is 4.79. The molecular weight excluding hydrogens is 234 g/mol. The second-order valence-corrected chi connectivity index (χ2v) is 3.89. The zero-order valence-electron chi connectivity index (χ0n) is 10.1. The highest BCUT2D eigenvalue weighted by molar-refractivity contribution is 4.91. The number of hydrogen-bond acceptors (Lipinski definition) is 6.